The fraction of sp³-hybridized carbons (Fsp3) is 0.238. The third-order valence-electron chi connectivity index (χ3n) is 4.61. The molecule has 0 aliphatic heterocycles. The molecule has 1 heterocycles. The molecule has 0 unspecified atom stereocenters. The fourth-order valence-electron chi connectivity index (χ4n) is 2.93. The lowest BCUT2D eigenvalue weighted by Gasteiger charge is -2.11. The van der Waals surface area contributed by atoms with Crippen molar-refractivity contribution >= 4 is 23.2 Å². The van der Waals surface area contributed by atoms with Crippen LogP contribution in [0.15, 0.2) is 42.5 Å². The van der Waals surface area contributed by atoms with Crippen LogP contribution in [0.3, 0.4) is 0 Å². The number of halogens is 3. The number of anilines is 2. The Morgan fingerprint density at radius 1 is 1.00 bits per heavy atom. The zero-order valence-electron chi connectivity index (χ0n) is 17.9. The molecule has 33 heavy (non-hydrogen) atoms. The van der Waals surface area contributed by atoms with E-state index in [1.54, 1.807) is 18.2 Å². The molecule has 0 radical (unpaired) electrons. The first-order valence-corrected chi connectivity index (χ1v) is 9.53. The summed E-state index contributed by atoms with van der Waals surface area (Å²) in [5, 5.41) is 12.6. The monoisotopic (exact) mass is 463 g/mol. The van der Waals surface area contributed by atoms with Gasteiger partial charge in [0.25, 0.3) is 5.91 Å². The minimum absolute atomic E-state index is 0.0463. The van der Waals surface area contributed by atoms with Gasteiger partial charge in [-0.3, -0.25) is 9.59 Å². The average molecular weight is 463 g/mol. The number of amides is 2. The molecule has 0 saturated carbocycles. The van der Waals surface area contributed by atoms with Crippen molar-refractivity contribution in [3.05, 3.63) is 59.4 Å². The minimum Gasteiger partial charge on any atom is -0.493 e. The Morgan fingerprint density at radius 3 is 2.36 bits per heavy atom. The van der Waals surface area contributed by atoms with Crippen molar-refractivity contribution in [3.63, 3.8) is 0 Å². The molecule has 2 N–H and O–H groups in total. The Bertz CT molecular complexity index is 1180. The van der Waals surface area contributed by atoms with Gasteiger partial charge in [0.2, 0.25) is 5.91 Å². The van der Waals surface area contributed by atoms with Crippen LogP contribution in [0.1, 0.15) is 21.7 Å². The summed E-state index contributed by atoms with van der Waals surface area (Å²) in [5.41, 5.74) is -0.339. The molecule has 0 saturated heterocycles. The molecule has 174 valence electrons. The van der Waals surface area contributed by atoms with E-state index in [1.807, 2.05) is 0 Å². The molecular formula is C21H20F3N5O4. The van der Waals surface area contributed by atoms with Gasteiger partial charge in [-0.25, -0.2) is 4.68 Å². The van der Waals surface area contributed by atoms with Crippen LogP contribution in [0.2, 0.25) is 0 Å². The number of carbonyl (C=O) groups excluding carboxylic acids is 2. The van der Waals surface area contributed by atoms with E-state index in [1.165, 1.54) is 38.0 Å². The molecule has 2 amide bonds. The van der Waals surface area contributed by atoms with E-state index < -0.39 is 23.6 Å². The van der Waals surface area contributed by atoms with Crippen LogP contribution in [-0.4, -0.2) is 41.0 Å². The van der Waals surface area contributed by atoms with Crippen LogP contribution in [-0.2, 0) is 17.5 Å². The molecule has 9 nitrogen and oxygen atoms in total. The molecule has 0 atom stereocenters. The predicted octanol–water partition coefficient (Wildman–Crippen LogP) is 3.51. The van der Waals surface area contributed by atoms with E-state index in [0.29, 0.717) is 17.2 Å². The number of methoxy groups -OCH3 is 2. The first kappa shape index (κ1) is 23.6. The summed E-state index contributed by atoms with van der Waals surface area (Å²) in [7, 11) is 2.96. The first-order valence-electron chi connectivity index (χ1n) is 9.53. The van der Waals surface area contributed by atoms with E-state index in [9.17, 15) is 22.8 Å². The quantitative estimate of drug-likeness (QED) is 0.555. The maximum atomic E-state index is 12.9. The highest BCUT2D eigenvalue weighted by atomic mass is 19.4. The highest BCUT2D eigenvalue weighted by Gasteiger charge is 2.30. The Balaban J connectivity index is 1.68. The van der Waals surface area contributed by atoms with Crippen molar-refractivity contribution in [1.82, 2.24) is 15.0 Å². The Morgan fingerprint density at radius 2 is 1.70 bits per heavy atom. The van der Waals surface area contributed by atoms with Crippen LogP contribution >= 0.6 is 0 Å². The second-order valence-corrected chi connectivity index (χ2v) is 6.83. The number of nitrogens with zero attached hydrogens (tertiary/aromatic N) is 3. The third kappa shape index (κ3) is 5.59. The molecule has 3 rings (SSSR count). The second kappa shape index (κ2) is 9.59. The van der Waals surface area contributed by atoms with E-state index in [-0.39, 0.29) is 23.6 Å². The number of aromatic nitrogens is 3. The number of rotatable bonds is 7. The summed E-state index contributed by atoms with van der Waals surface area (Å²) >= 11 is 0. The smallest absolute Gasteiger partial charge is 0.416 e. The van der Waals surface area contributed by atoms with Crippen molar-refractivity contribution < 1.29 is 32.2 Å². The summed E-state index contributed by atoms with van der Waals surface area (Å²) < 4.78 is 50.1. The summed E-state index contributed by atoms with van der Waals surface area (Å²) in [4.78, 5) is 24.9. The predicted molar refractivity (Wildman–Crippen MR) is 112 cm³/mol. The zero-order valence-corrected chi connectivity index (χ0v) is 17.9. The van der Waals surface area contributed by atoms with E-state index in [2.05, 4.69) is 20.9 Å². The fourth-order valence-corrected chi connectivity index (χ4v) is 2.93. The maximum absolute atomic E-state index is 12.9. The molecule has 2 aromatic carbocycles. The van der Waals surface area contributed by atoms with Crippen molar-refractivity contribution in [2.24, 2.45) is 0 Å². The van der Waals surface area contributed by atoms with Crippen LogP contribution in [0.25, 0.3) is 0 Å². The van der Waals surface area contributed by atoms with Gasteiger partial charge in [-0.15, -0.1) is 5.10 Å². The van der Waals surface area contributed by atoms with Gasteiger partial charge in [0.1, 0.15) is 6.54 Å². The molecule has 3 aromatic rings. The number of alkyl halides is 3. The largest absolute Gasteiger partial charge is 0.493 e. The van der Waals surface area contributed by atoms with Gasteiger partial charge in [0.05, 0.1) is 25.5 Å². The Hall–Kier alpha value is -4.09. The van der Waals surface area contributed by atoms with Gasteiger partial charge in [0.15, 0.2) is 17.2 Å². The summed E-state index contributed by atoms with van der Waals surface area (Å²) in [6.45, 7) is 1.27. The van der Waals surface area contributed by atoms with E-state index >= 15 is 0 Å². The first-order chi connectivity index (χ1) is 15.6. The third-order valence-corrected chi connectivity index (χ3v) is 4.61. The lowest BCUT2D eigenvalue weighted by molar-refractivity contribution is -0.137. The van der Waals surface area contributed by atoms with Gasteiger partial charge in [0, 0.05) is 17.4 Å². The van der Waals surface area contributed by atoms with Gasteiger partial charge in [-0.1, -0.05) is 11.3 Å². The number of ether oxygens (including phenoxy) is 2. The summed E-state index contributed by atoms with van der Waals surface area (Å²) in [6, 6.07) is 9.05. The van der Waals surface area contributed by atoms with Crippen molar-refractivity contribution in [1.29, 1.82) is 0 Å². The standard InChI is InChI=1S/C21H20F3N5O4/c1-12-19(20(31)26-14-6-4-5-13(9-14)21(22,23)24)27-28-29(12)11-18(30)25-15-7-8-16(32-2)17(10-15)33-3/h4-10H,11H2,1-3H3,(H,25,30)(H,26,31). The number of carbonyl (C=O) groups is 2. The van der Waals surface area contributed by atoms with E-state index in [4.69, 9.17) is 9.47 Å². The molecule has 0 fully saturated rings. The SMILES string of the molecule is COc1ccc(NC(=O)Cn2nnc(C(=O)Nc3cccc(C(F)(F)F)c3)c2C)cc1OC. The summed E-state index contributed by atoms with van der Waals surface area (Å²) in [5.74, 6) is -0.265. The highest BCUT2D eigenvalue weighted by Crippen LogP contribution is 2.31. The van der Waals surface area contributed by atoms with Gasteiger partial charge >= 0.3 is 6.18 Å². The molecule has 0 spiro atoms. The number of benzene rings is 2. The minimum atomic E-state index is -4.54. The number of hydrogen-bond acceptors (Lipinski definition) is 6. The molecule has 0 aliphatic carbocycles. The normalized spacial score (nSPS) is 11.1. The Kier molecular flexibility index (Phi) is 6.85. The van der Waals surface area contributed by atoms with Gasteiger partial charge in [-0.05, 0) is 37.3 Å². The number of hydrogen-bond donors (Lipinski definition) is 2. The topological polar surface area (TPSA) is 107 Å². The second-order valence-electron chi connectivity index (χ2n) is 6.83. The molecule has 12 heteroatoms. The van der Waals surface area contributed by atoms with Crippen LogP contribution in [0.5, 0.6) is 11.5 Å². The highest BCUT2D eigenvalue weighted by molar-refractivity contribution is 6.03. The zero-order chi connectivity index (χ0) is 24.2. The van der Waals surface area contributed by atoms with E-state index in [0.717, 1.165) is 12.1 Å². The summed E-state index contributed by atoms with van der Waals surface area (Å²) in [6.07, 6.45) is -4.54. The van der Waals surface area contributed by atoms with Gasteiger partial charge < -0.3 is 20.1 Å². The molecular weight excluding hydrogens is 443 g/mol. The number of nitrogens with one attached hydrogen (secondary N) is 2. The van der Waals surface area contributed by atoms with Crippen LogP contribution in [0.4, 0.5) is 24.5 Å². The lowest BCUT2D eigenvalue weighted by atomic mass is 10.2. The van der Waals surface area contributed by atoms with Crippen LogP contribution < -0.4 is 20.1 Å². The Labute approximate surface area is 186 Å². The lowest BCUT2D eigenvalue weighted by Crippen LogP contribution is -2.21. The van der Waals surface area contributed by atoms with Crippen molar-refractivity contribution in [2.45, 2.75) is 19.6 Å². The van der Waals surface area contributed by atoms with Crippen molar-refractivity contribution in [3.8, 4) is 11.5 Å². The maximum Gasteiger partial charge on any atom is 0.416 e. The molecule has 0 aliphatic rings. The van der Waals surface area contributed by atoms with Crippen molar-refractivity contribution in [2.75, 3.05) is 24.9 Å². The van der Waals surface area contributed by atoms with Gasteiger partial charge in [-0.2, -0.15) is 13.2 Å². The van der Waals surface area contributed by atoms with Crippen LogP contribution in [0, 0.1) is 6.92 Å². The molecule has 0 bridgehead atoms. The average Bonchev–Trinajstić information content (AvgIpc) is 3.13. The molecule has 1 aromatic heterocycles.